The summed E-state index contributed by atoms with van der Waals surface area (Å²) in [6.07, 6.45) is 24.1. The second kappa shape index (κ2) is 31.2. The van der Waals surface area contributed by atoms with Gasteiger partial charge in [-0.15, -0.1) is 0 Å². The normalized spacial score (nSPS) is 23.1. The third-order valence-electron chi connectivity index (χ3n) is 9.64. The molecule has 10 nitrogen and oxygen atoms in total. The first kappa shape index (κ1) is 46.7. The van der Waals surface area contributed by atoms with E-state index in [1.165, 1.54) is 96.3 Å². The van der Waals surface area contributed by atoms with Crippen molar-refractivity contribution in [3.8, 4) is 0 Å². The van der Waals surface area contributed by atoms with Gasteiger partial charge in [0.05, 0.1) is 25.4 Å². The zero-order valence-electron chi connectivity index (χ0n) is 31.5. The second-order valence-corrected chi connectivity index (χ2v) is 14.2. The Hall–Kier alpha value is -1.37. The highest BCUT2D eigenvalue weighted by Gasteiger charge is 2.44. The standard InChI is InChI=1S/C40H75NO9/c1-3-5-7-9-11-13-15-17-19-20-22-24-26-28-33(43)32(31-49-40-38(47)37(46)36(45)35(30-42)50-40)41-39(48)34(44)29-27-25-23-21-18-16-14-12-10-8-6-4-2/h19-20,26,28,32-38,40,42-47H,3-18,21-25,27,29-31H2,1-2H3,(H,41,48)/b20-19+,28-26+/t32-,33+,34+,35+,36+,37?,38?,40+/m0/s1. The molecule has 0 aromatic rings. The Bertz CT molecular complexity index is 855. The summed E-state index contributed by atoms with van der Waals surface area (Å²) in [5.41, 5.74) is 0. The molecule has 1 amide bonds. The minimum Gasteiger partial charge on any atom is -0.394 e. The van der Waals surface area contributed by atoms with Gasteiger partial charge in [-0.25, -0.2) is 0 Å². The maximum absolute atomic E-state index is 12.9. The van der Waals surface area contributed by atoms with Crippen LogP contribution in [0.1, 0.15) is 162 Å². The number of allylic oxidation sites excluding steroid dienone is 3. The Morgan fingerprint density at radius 2 is 1.18 bits per heavy atom. The van der Waals surface area contributed by atoms with Gasteiger partial charge in [-0.2, -0.15) is 0 Å². The minimum atomic E-state index is -1.61. The smallest absolute Gasteiger partial charge is 0.249 e. The number of ether oxygens (including phenoxy) is 2. The highest BCUT2D eigenvalue weighted by atomic mass is 16.7. The van der Waals surface area contributed by atoms with Gasteiger partial charge in [0, 0.05) is 0 Å². The highest BCUT2D eigenvalue weighted by molar-refractivity contribution is 5.80. The Morgan fingerprint density at radius 3 is 1.74 bits per heavy atom. The molecular weight excluding hydrogens is 638 g/mol. The van der Waals surface area contributed by atoms with Gasteiger partial charge in [-0.1, -0.05) is 154 Å². The third-order valence-corrected chi connectivity index (χ3v) is 9.64. The second-order valence-electron chi connectivity index (χ2n) is 14.2. The molecule has 1 saturated heterocycles. The molecule has 294 valence electrons. The number of aliphatic hydroxyl groups is 6. The van der Waals surface area contributed by atoms with E-state index in [0.717, 1.165) is 32.1 Å². The highest BCUT2D eigenvalue weighted by Crippen LogP contribution is 2.22. The first-order valence-electron chi connectivity index (χ1n) is 20.2. The molecule has 0 aromatic heterocycles. The Balaban J connectivity index is 2.54. The molecule has 50 heavy (non-hydrogen) atoms. The van der Waals surface area contributed by atoms with Crippen LogP contribution >= 0.6 is 0 Å². The average Bonchev–Trinajstić information content (AvgIpc) is 3.11. The van der Waals surface area contributed by atoms with Gasteiger partial charge in [-0.05, 0) is 32.1 Å². The van der Waals surface area contributed by atoms with Gasteiger partial charge in [0.2, 0.25) is 5.91 Å². The lowest BCUT2D eigenvalue weighted by atomic mass is 9.99. The summed E-state index contributed by atoms with van der Waals surface area (Å²) in [7, 11) is 0. The van der Waals surface area contributed by atoms with E-state index in [1.807, 2.05) is 6.08 Å². The van der Waals surface area contributed by atoms with Gasteiger partial charge in [0.1, 0.15) is 30.5 Å². The molecule has 10 heteroatoms. The molecule has 2 unspecified atom stereocenters. The fourth-order valence-corrected chi connectivity index (χ4v) is 6.24. The van der Waals surface area contributed by atoms with Crippen LogP contribution in [0.3, 0.4) is 0 Å². The van der Waals surface area contributed by atoms with Gasteiger partial charge >= 0.3 is 0 Å². The van der Waals surface area contributed by atoms with E-state index in [0.29, 0.717) is 19.3 Å². The van der Waals surface area contributed by atoms with Crippen molar-refractivity contribution in [2.24, 2.45) is 0 Å². The zero-order valence-corrected chi connectivity index (χ0v) is 31.5. The third kappa shape index (κ3) is 21.9. The minimum absolute atomic E-state index is 0.306. The van der Waals surface area contributed by atoms with E-state index in [4.69, 9.17) is 9.47 Å². The van der Waals surface area contributed by atoms with Crippen LogP contribution in [-0.2, 0) is 14.3 Å². The summed E-state index contributed by atoms with van der Waals surface area (Å²) in [4.78, 5) is 12.9. The fraction of sp³-hybridized carbons (Fsp3) is 0.875. The van der Waals surface area contributed by atoms with E-state index in [-0.39, 0.29) is 6.61 Å². The number of rotatable bonds is 32. The largest absolute Gasteiger partial charge is 0.394 e. The summed E-state index contributed by atoms with van der Waals surface area (Å²) in [5, 5.41) is 64.3. The molecule has 7 N–H and O–H groups in total. The number of nitrogens with one attached hydrogen (secondary N) is 1. The van der Waals surface area contributed by atoms with E-state index >= 15 is 0 Å². The molecule has 1 aliphatic heterocycles. The summed E-state index contributed by atoms with van der Waals surface area (Å²) in [6.45, 7) is 3.54. The lowest BCUT2D eigenvalue weighted by Gasteiger charge is -2.40. The van der Waals surface area contributed by atoms with Gasteiger partial charge in [0.25, 0.3) is 0 Å². The van der Waals surface area contributed by atoms with Crippen molar-refractivity contribution in [3.63, 3.8) is 0 Å². The zero-order chi connectivity index (χ0) is 36.8. The monoisotopic (exact) mass is 714 g/mol. The van der Waals surface area contributed by atoms with Crippen LogP contribution in [0.25, 0.3) is 0 Å². The van der Waals surface area contributed by atoms with Crippen molar-refractivity contribution < 1.29 is 44.9 Å². The number of aliphatic hydroxyl groups excluding tert-OH is 6. The van der Waals surface area contributed by atoms with Crippen LogP contribution in [0.15, 0.2) is 24.3 Å². The molecule has 8 atom stereocenters. The summed E-state index contributed by atoms with van der Waals surface area (Å²) < 4.78 is 11.1. The average molecular weight is 714 g/mol. The van der Waals surface area contributed by atoms with E-state index in [1.54, 1.807) is 6.08 Å². The molecule has 0 bridgehead atoms. The van der Waals surface area contributed by atoms with Crippen LogP contribution in [-0.4, -0.2) is 98.7 Å². The summed E-state index contributed by atoms with van der Waals surface area (Å²) >= 11 is 0. The topological polar surface area (TPSA) is 169 Å². The molecule has 1 rings (SSSR count). The molecule has 1 aliphatic rings. The molecule has 0 radical (unpaired) electrons. The lowest BCUT2D eigenvalue weighted by molar-refractivity contribution is -0.302. The van der Waals surface area contributed by atoms with Gasteiger partial charge in [-0.3, -0.25) is 4.79 Å². The van der Waals surface area contributed by atoms with Crippen molar-refractivity contribution in [2.75, 3.05) is 13.2 Å². The fourth-order valence-electron chi connectivity index (χ4n) is 6.24. The first-order valence-corrected chi connectivity index (χ1v) is 20.2. The van der Waals surface area contributed by atoms with Gasteiger partial charge in [0.15, 0.2) is 6.29 Å². The van der Waals surface area contributed by atoms with Gasteiger partial charge < -0.3 is 45.4 Å². The number of hydrogen-bond donors (Lipinski definition) is 7. The first-order chi connectivity index (χ1) is 24.3. The quantitative estimate of drug-likeness (QED) is 0.0320. The van der Waals surface area contributed by atoms with Crippen molar-refractivity contribution in [2.45, 2.75) is 210 Å². The van der Waals surface area contributed by atoms with Crippen molar-refractivity contribution >= 4 is 5.91 Å². The number of hydrogen-bond acceptors (Lipinski definition) is 9. The number of amides is 1. The number of unbranched alkanes of at least 4 members (excludes halogenated alkanes) is 19. The SMILES string of the molecule is CCCCCCCCC/C=C/CC/C=C/[C@@H](O)[C@H](CO[C@@H]1O[C@H](CO)[C@@H](O)C(O)C1O)NC(=O)[C@H](O)CCCCCCCCCCCCCC. The summed E-state index contributed by atoms with van der Waals surface area (Å²) in [5.74, 6) is -0.628. The summed E-state index contributed by atoms with van der Waals surface area (Å²) in [6, 6.07) is -0.990. The predicted molar refractivity (Wildman–Crippen MR) is 199 cm³/mol. The molecule has 1 heterocycles. The molecule has 0 spiro atoms. The lowest BCUT2D eigenvalue weighted by Crippen LogP contribution is -2.60. The number of carbonyl (C=O) groups is 1. The van der Waals surface area contributed by atoms with Crippen molar-refractivity contribution in [1.82, 2.24) is 5.32 Å². The Labute approximate surface area is 303 Å². The Kier molecular flexibility index (Phi) is 29.1. The molecule has 0 aromatic carbocycles. The van der Waals surface area contributed by atoms with Crippen LogP contribution in [0.5, 0.6) is 0 Å². The maximum atomic E-state index is 12.9. The van der Waals surface area contributed by atoms with E-state index in [2.05, 4.69) is 31.3 Å². The maximum Gasteiger partial charge on any atom is 0.249 e. The molecule has 1 fully saturated rings. The molecule has 0 aliphatic carbocycles. The van der Waals surface area contributed by atoms with Crippen molar-refractivity contribution in [1.29, 1.82) is 0 Å². The molecular formula is C40H75NO9. The van der Waals surface area contributed by atoms with Crippen LogP contribution in [0.4, 0.5) is 0 Å². The van der Waals surface area contributed by atoms with Crippen LogP contribution in [0, 0.1) is 0 Å². The molecule has 0 saturated carbocycles. The van der Waals surface area contributed by atoms with Crippen LogP contribution < -0.4 is 5.32 Å². The van der Waals surface area contributed by atoms with E-state index in [9.17, 15) is 35.4 Å². The van der Waals surface area contributed by atoms with Crippen molar-refractivity contribution in [3.05, 3.63) is 24.3 Å². The number of carbonyl (C=O) groups excluding carboxylic acids is 1. The van der Waals surface area contributed by atoms with E-state index < -0.39 is 61.5 Å². The Morgan fingerprint density at radius 1 is 0.680 bits per heavy atom. The predicted octanol–water partition coefficient (Wildman–Crippen LogP) is 6.13. The van der Waals surface area contributed by atoms with Crippen LogP contribution in [0.2, 0.25) is 0 Å².